The summed E-state index contributed by atoms with van der Waals surface area (Å²) < 4.78 is 35.2. The van der Waals surface area contributed by atoms with Crippen molar-refractivity contribution in [2.24, 2.45) is 28.1 Å². The van der Waals surface area contributed by atoms with E-state index >= 15 is 0 Å². The Morgan fingerprint density at radius 1 is 1.05 bits per heavy atom. The fourth-order valence-corrected chi connectivity index (χ4v) is 8.21. The normalized spacial score (nSPS) is 37.0. The number of esters is 4. The molecule has 1 saturated carbocycles. The molecule has 1 aromatic heterocycles. The van der Waals surface area contributed by atoms with Crippen molar-refractivity contribution < 1.29 is 47.3 Å². The van der Waals surface area contributed by atoms with E-state index in [1.807, 2.05) is 27.7 Å². The molecule has 0 N–H and O–H groups in total. The summed E-state index contributed by atoms with van der Waals surface area (Å²) in [6.45, 7) is 12.6. The molecule has 4 aliphatic rings. The van der Waals surface area contributed by atoms with Crippen molar-refractivity contribution in [3.63, 3.8) is 0 Å². The Morgan fingerprint density at radius 3 is 2.32 bits per heavy atom. The molecule has 0 bridgehead atoms. The average Bonchev–Trinajstić information content (AvgIpc) is 3.52. The standard InChI is InChI=1S/C31H38O10/c1-15-19-11-24(35)41-27(18-9-10-37-14-18)30(19,6)28(39-17(3)33)25-26(15)40-22-13-21(38-16(2)32)29(4,5)20(31(22,25)7)12-23(34)36-8/h9-11,14,20-22,25,27-28H,12-13H2,1-8H3. The Labute approximate surface area is 239 Å². The maximum absolute atomic E-state index is 12.9. The molecule has 0 spiro atoms. The van der Waals surface area contributed by atoms with Gasteiger partial charge in [-0.2, -0.15) is 0 Å². The molecule has 5 rings (SSSR count). The van der Waals surface area contributed by atoms with Crippen molar-refractivity contribution in [2.45, 2.75) is 85.7 Å². The zero-order chi connectivity index (χ0) is 30.1. The first-order valence-electron chi connectivity index (χ1n) is 13.9. The molecule has 1 saturated heterocycles. The van der Waals surface area contributed by atoms with Gasteiger partial charge in [-0.15, -0.1) is 0 Å². The number of cyclic esters (lactones) is 1. The van der Waals surface area contributed by atoms with Crippen molar-refractivity contribution in [2.75, 3.05) is 7.11 Å². The second kappa shape index (κ2) is 9.77. The van der Waals surface area contributed by atoms with Gasteiger partial charge in [-0.25, -0.2) is 4.79 Å². The molecule has 2 fully saturated rings. The molecule has 1 aromatic rings. The Bertz CT molecular complexity index is 1340. The van der Waals surface area contributed by atoms with E-state index < -0.39 is 76.4 Å². The fraction of sp³-hybridized carbons (Fsp3) is 0.613. The molecule has 2 aliphatic heterocycles. The third-order valence-electron chi connectivity index (χ3n) is 10.2. The highest BCUT2D eigenvalue weighted by atomic mass is 16.6. The van der Waals surface area contributed by atoms with Crippen LogP contribution in [0.4, 0.5) is 0 Å². The first-order valence-corrected chi connectivity index (χ1v) is 13.9. The monoisotopic (exact) mass is 570 g/mol. The van der Waals surface area contributed by atoms with Gasteiger partial charge >= 0.3 is 23.9 Å². The first-order chi connectivity index (χ1) is 19.2. The van der Waals surface area contributed by atoms with Crippen LogP contribution in [-0.2, 0) is 42.9 Å². The van der Waals surface area contributed by atoms with Crippen LogP contribution in [0.2, 0.25) is 0 Å². The van der Waals surface area contributed by atoms with E-state index in [-0.39, 0.29) is 6.42 Å². The topological polar surface area (TPSA) is 128 Å². The van der Waals surface area contributed by atoms with Crippen LogP contribution in [0.1, 0.15) is 73.0 Å². The lowest BCUT2D eigenvalue weighted by molar-refractivity contribution is -0.202. The summed E-state index contributed by atoms with van der Waals surface area (Å²) in [5.74, 6) is -2.18. The lowest BCUT2D eigenvalue weighted by atomic mass is 9.46. The lowest BCUT2D eigenvalue weighted by Crippen LogP contribution is -2.62. The number of hydrogen-bond acceptors (Lipinski definition) is 10. The molecule has 0 amide bonds. The van der Waals surface area contributed by atoms with Crippen molar-refractivity contribution in [3.8, 4) is 0 Å². The van der Waals surface area contributed by atoms with Crippen LogP contribution in [-0.4, -0.2) is 49.3 Å². The number of fused-ring (bicyclic) bond motifs is 4. The average molecular weight is 571 g/mol. The van der Waals surface area contributed by atoms with E-state index in [4.69, 9.17) is 28.1 Å². The van der Waals surface area contributed by atoms with Gasteiger partial charge in [0.1, 0.15) is 30.2 Å². The third kappa shape index (κ3) is 4.20. The van der Waals surface area contributed by atoms with Crippen molar-refractivity contribution in [1.29, 1.82) is 0 Å². The van der Waals surface area contributed by atoms with Gasteiger partial charge in [-0.1, -0.05) is 20.8 Å². The van der Waals surface area contributed by atoms with Crippen LogP contribution in [0.25, 0.3) is 0 Å². The van der Waals surface area contributed by atoms with Crippen molar-refractivity contribution in [1.82, 2.24) is 0 Å². The maximum atomic E-state index is 12.9. The summed E-state index contributed by atoms with van der Waals surface area (Å²) in [7, 11) is 1.34. The van der Waals surface area contributed by atoms with Crippen LogP contribution >= 0.6 is 0 Å². The number of allylic oxidation sites excluding steroid dienone is 1. The first kappa shape index (κ1) is 29.0. The Kier molecular flexibility index (Phi) is 6.90. The minimum Gasteiger partial charge on any atom is -0.493 e. The maximum Gasteiger partial charge on any atom is 0.331 e. The Morgan fingerprint density at radius 2 is 1.73 bits per heavy atom. The Balaban J connectivity index is 1.76. The molecule has 10 nitrogen and oxygen atoms in total. The fourth-order valence-electron chi connectivity index (χ4n) is 8.21. The highest BCUT2D eigenvalue weighted by molar-refractivity contribution is 5.86. The summed E-state index contributed by atoms with van der Waals surface area (Å²) in [5, 5.41) is 0. The number of methoxy groups -OCH3 is 1. The molecule has 8 unspecified atom stereocenters. The zero-order valence-electron chi connectivity index (χ0n) is 24.8. The number of carbonyl (C=O) groups excluding carboxylic acids is 4. The summed E-state index contributed by atoms with van der Waals surface area (Å²) in [6.07, 6.45) is 2.19. The van der Waals surface area contributed by atoms with Crippen LogP contribution in [0.15, 0.2) is 46.0 Å². The van der Waals surface area contributed by atoms with Crippen LogP contribution in [0.3, 0.4) is 0 Å². The summed E-state index contributed by atoms with van der Waals surface area (Å²) in [5.41, 5.74) is -0.443. The smallest absolute Gasteiger partial charge is 0.331 e. The largest absolute Gasteiger partial charge is 0.493 e. The van der Waals surface area contributed by atoms with E-state index in [1.165, 1.54) is 39.6 Å². The molecular weight excluding hydrogens is 532 g/mol. The second-order valence-corrected chi connectivity index (χ2v) is 12.7. The molecule has 10 heteroatoms. The van der Waals surface area contributed by atoms with Gasteiger partial charge in [-0.05, 0) is 37.0 Å². The number of carbonyl (C=O) groups is 4. The molecule has 222 valence electrons. The van der Waals surface area contributed by atoms with E-state index in [0.29, 0.717) is 23.3 Å². The molecule has 41 heavy (non-hydrogen) atoms. The summed E-state index contributed by atoms with van der Waals surface area (Å²) >= 11 is 0. The SMILES string of the molecule is COC(=O)CC1C(C)(C)C(OC(C)=O)CC2OC3=C(C)C4=CC(=O)OC(c5ccoc5)C4(C)C(OC(C)=O)C3C21C. The molecule has 3 heterocycles. The van der Waals surface area contributed by atoms with Crippen LogP contribution < -0.4 is 0 Å². The minimum atomic E-state index is -1.02. The molecular formula is C31H38O10. The van der Waals surface area contributed by atoms with Gasteiger partial charge in [-0.3, -0.25) is 14.4 Å². The highest BCUT2D eigenvalue weighted by Crippen LogP contribution is 2.69. The number of ether oxygens (including phenoxy) is 5. The lowest BCUT2D eigenvalue weighted by Gasteiger charge is -2.58. The van der Waals surface area contributed by atoms with Gasteiger partial charge in [0.25, 0.3) is 0 Å². The number of rotatable bonds is 5. The quantitative estimate of drug-likeness (QED) is 0.366. The van der Waals surface area contributed by atoms with E-state index in [2.05, 4.69) is 6.92 Å². The zero-order valence-corrected chi connectivity index (χ0v) is 24.8. The summed E-state index contributed by atoms with van der Waals surface area (Å²) in [4.78, 5) is 50.7. The van der Waals surface area contributed by atoms with E-state index in [1.54, 1.807) is 6.07 Å². The highest BCUT2D eigenvalue weighted by Gasteiger charge is 2.72. The number of furan rings is 1. The van der Waals surface area contributed by atoms with Gasteiger partial charge < -0.3 is 28.1 Å². The van der Waals surface area contributed by atoms with Crippen LogP contribution in [0, 0.1) is 28.1 Å². The predicted octanol–water partition coefficient (Wildman–Crippen LogP) is 4.59. The van der Waals surface area contributed by atoms with Gasteiger partial charge in [0, 0.05) is 49.2 Å². The van der Waals surface area contributed by atoms with Crippen molar-refractivity contribution in [3.05, 3.63) is 47.1 Å². The third-order valence-corrected chi connectivity index (χ3v) is 10.2. The summed E-state index contributed by atoms with van der Waals surface area (Å²) in [6, 6.07) is 1.73. The van der Waals surface area contributed by atoms with Gasteiger partial charge in [0.2, 0.25) is 0 Å². The predicted molar refractivity (Wildman–Crippen MR) is 143 cm³/mol. The molecule has 0 aromatic carbocycles. The second-order valence-electron chi connectivity index (χ2n) is 12.7. The van der Waals surface area contributed by atoms with Crippen LogP contribution in [0.5, 0.6) is 0 Å². The molecule has 2 aliphatic carbocycles. The van der Waals surface area contributed by atoms with Gasteiger partial charge in [0.15, 0.2) is 0 Å². The van der Waals surface area contributed by atoms with Gasteiger partial charge in [0.05, 0.1) is 31.0 Å². The van der Waals surface area contributed by atoms with E-state index in [9.17, 15) is 19.2 Å². The van der Waals surface area contributed by atoms with Crippen molar-refractivity contribution >= 4 is 23.9 Å². The molecule has 0 radical (unpaired) electrons. The minimum absolute atomic E-state index is 0.0345. The Hall–Kier alpha value is -3.56. The molecule has 8 atom stereocenters. The van der Waals surface area contributed by atoms with E-state index in [0.717, 1.165) is 5.57 Å². The number of hydrogen-bond donors (Lipinski definition) is 0.